The van der Waals surface area contributed by atoms with Crippen molar-refractivity contribution < 1.29 is 19.3 Å². The van der Waals surface area contributed by atoms with Crippen LogP contribution in [0.25, 0.3) is 11.0 Å². The molecular weight excluding hydrogens is 845 g/mol. The minimum absolute atomic E-state index is 0.00385. The molecule has 5 aromatic rings. The molecule has 4 aromatic heterocycles. The number of piperazine rings is 1. The van der Waals surface area contributed by atoms with E-state index < -0.39 is 4.92 Å². The monoisotopic (exact) mass is 904 g/mol. The van der Waals surface area contributed by atoms with E-state index in [0.717, 1.165) is 106 Å². The Morgan fingerprint density at radius 3 is 2.17 bits per heavy atom. The van der Waals surface area contributed by atoms with Gasteiger partial charge in [-0.25, -0.2) is 15.0 Å². The van der Waals surface area contributed by atoms with Crippen LogP contribution < -0.4 is 21.1 Å². The quantitative estimate of drug-likeness (QED) is 0.0306. The van der Waals surface area contributed by atoms with Gasteiger partial charge < -0.3 is 15.1 Å². The normalized spacial score (nSPS) is 14.3. The summed E-state index contributed by atoms with van der Waals surface area (Å²) < 4.78 is 1.71. The Morgan fingerprint density at radius 2 is 1.52 bits per heavy atom. The lowest BCUT2D eigenvalue weighted by Gasteiger charge is -2.36. The van der Waals surface area contributed by atoms with Crippen LogP contribution in [0.3, 0.4) is 0 Å². The first-order valence-corrected chi connectivity index (χ1v) is 24.0. The van der Waals surface area contributed by atoms with Gasteiger partial charge >= 0.3 is 5.00 Å². The molecule has 1 aliphatic heterocycles. The number of hydrogen-bond donors (Lipinski definition) is 2. The lowest BCUT2D eigenvalue weighted by atomic mass is 9.99. The molecule has 1 aromatic carbocycles. The van der Waals surface area contributed by atoms with Crippen LogP contribution in [0.15, 0.2) is 53.6 Å². The fourth-order valence-corrected chi connectivity index (χ4v) is 9.96. The summed E-state index contributed by atoms with van der Waals surface area (Å²) >= 11 is 0.869. The summed E-state index contributed by atoms with van der Waals surface area (Å²) in [5.74, 6) is 0.592. The molecule has 0 radical (unpaired) electrons. The maximum Gasteiger partial charge on any atom is 0.348 e. The second-order valence-corrected chi connectivity index (χ2v) is 18.3. The molecule has 1 saturated carbocycles. The summed E-state index contributed by atoms with van der Waals surface area (Å²) in [4.78, 5) is 85.0. The second-order valence-electron chi connectivity index (χ2n) is 17.3. The summed E-state index contributed by atoms with van der Waals surface area (Å²) in [6.45, 7) is 7.62. The van der Waals surface area contributed by atoms with Crippen LogP contribution in [0.5, 0.6) is 0 Å². The molecule has 344 valence electrons. The molecule has 7 rings (SSSR count). The number of nitrogens with one attached hydrogen (secondary N) is 2. The number of aromatic nitrogens is 5. The molecule has 65 heavy (non-hydrogen) atoms. The van der Waals surface area contributed by atoms with E-state index in [4.69, 9.17) is 4.98 Å². The molecule has 0 spiro atoms. The van der Waals surface area contributed by atoms with Crippen molar-refractivity contribution in [3.05, 3.63) is 97.2 Å². The van der Waals surface area contributed by atoms with Crippen molar-refractivity contribution in [2.24, 2.45) is 0 Å². The summed E-state index contributed by atoms with van der Waals surface area (Å²) in [7, 11) is 0. The van der Waals surface area contributed by atoms with E-state index in [1.165, 1.54) is 32.6 Å². The van der Waals surface area contributed by atoms with Gasteiger partial charge in [-0.05, 0) is 93.5 Å². The number of fused-ring (bicyclic) bond motifs is 1. The highest BCUT2D eigenvalue weighted by molar-refractivity contribution is 7.19. The summed E-state index contributed by atoms with van der Waals surface area (Å²) in [6.07, 6.45) is 19.8. The third kappa shape index (κ3) is 11.8. The van der Waals surface area contributed by atoms with Gasteiger partial charge in [0, 0.05) is 55.8 Å². The number of hydrogen-bond acceptors (Lipinski definition) is 13. The highest BCUT2D eigenvalue weighted by atomic mass is 32.1. The number of pyridine rings is 2. The molecule has 1 saturated heterocycles. The van der Waals surface area contributed by atoms with E-state index in [9.17, 15) is 29.3 Å². The lowest BCUT2D eigenvalue weighted by Crippen LogP contribution is -2.48. The summed E-state index contributed by atoms with van der Waals surface area (Å²) in [6, 6.07) is 11.4. The van der Waals surface area contributed by atoms with Crippen molar-refractivity contribution in [2.45, 2.75) is 130 Å². The van der Waals surface area contributed by atoms with Gasteiger partial charge in [-0.2, -0.15) is 4.98 Å². The van der Waals surface area contributed by atoms with E-state index in [2.05, 4.69) is 30.5 Å². The minimum Gasteiger partial charge on any atom is -0.367 e. The zero-order valence-corrected chi connectivity index (χ0v) is 38.6. The van der Waals surface area contributed by atoms with E-state index in [0.29, 0.717) is 59.1 Å². The predicted octanol–water partition coefficient (Wildman–Crippen LogP) is 9.66. The first kappa shape index (κ1) is 46.9. The zero-order valence-electron chi connectivity index (χ0n) is 37.8. The highest BCUT2D eigenvalue weighted by Crippen LogP contribution is 2.33. The van der Waals surface area contributed by atoms with Crippen molar-refractivity contribution in [3.8, 4) is 0 Å². The second kappa shape index (κ2) is 22.2. The third-order valence-electron chi connectivity index (χ3n) is 12.7. The highest BCUT2D eigenvalue weighted by Gasteiger charge is 2.27. The molecule has 17 heteroatoms. The van der Waals surface area contributed by atoms with Gasteiger partial charge in [0.05, 0.1) is 22.4 Å². The van der Waals surface area contributed by atoms with Crippen LogP contribution in [0, 0.1) is 24.0 Å². The molecule has 2 fully saturated rings. The van der Waals surface area contributed by atoms with Gasteiger partial charge in [0.2, 0.25) is 11.9 Å². The lowest BCUT2D eigenvalue weighted by molar-refractivity contribution is -0.380. The number of amides is 2. The molecule has 5 heterocycles. The number of carbonyl (C=O) groups is 3. The van der Waals surface area contributed by atoms with Crippen LogP contribution >= 0.6 is 11.3 Å². The van der Waals surface area contributed by atoms with E-state index in [1.807, 2.05) is 41.4 Å². The number of nitro groups is 1. The van der Waals surface area contributed by atoms with E-state index in [1.54, 1.807) is 30.7 Å². The Kier molecular flexibility index (Phi) is 16.0. The molecule has 2 amide bonds. The Balaban J connectivity index is 0.753. The molecule has 0 bridgehead atoms. The molecule has 2 aliphatic rings. The molecule has 1 aliphatic carbocycles. The fourth-order valence-electron chi connectivity index (χ4n) is 9.18. The summed E-state index contributed by atoms with van der Waals surface area (Å²) in [5.41, 5.74) is 3.89. The molecule has 16 nitrogen and oxygen atoms in total. The first-order chi connectivity index (χ1) is 31.5. The number of aryl methyl sites for hydroxylation is 3. The van der Waals surface area contributed by atoms with Crippen molar-refractivity contribution >= 4 is 67.6 Å². The third-order valence-corrected chi connectivity index (χ3v) is 13.8. The Labute approximate surface area is 383 Å². The number of carbonyl (C=O) groups excluding carboxylic acids is 3. The van der Waals surface area contributed by atoms with Crippen molar-refractivity contribution in [2.75, 3.05) is 41.7 Å². The molecular formula is C48H60N10O6S. The Bertz CT molecular complexity index is 2540. The largest absolute Gasteiger partial charge is 0.367 e. The Hall–Kier alpha value is -6.10. The first-order valence-electron chi connectivity index (χ1n) is 23.2. The number of benzene rings is 1. The number of unbranched alkanes of at least 4 members (excludes halogenated alkanes) is 9. The summed E-state index contributed by atoms with van der Waals surface area (Å²) in [5, 5.41) is 18.0. The van der Waals surface area contributed by atoms with Crippen molar-refractivity contribution in [1.82, 2.24) is 29.4 Å². The van der Waals surface area contributed by atoms with Crippen molar-refractivity contribution in [3.63, 3.8) is 0 Å². The predicted molar refractivity (Wildman–Crippen MR) is 255 cm³/mol. The van der Waals surface area contributed by atoms with Crippen molar-refractivity contribution in [1.29, 1.82) is 0 Å². The van der Waals surface area contributed by atoms with E-state index in [-0.39, 0.29) is 44.9 Å². The number of anilines is 4. The molecule has 2 N–H and O–H groups in total. The topological polar surface area (TPSA) is 198 Å². The standard InChI is InChI=1S/C48H60N10O6S/c1-32-39-31-50-47(53-43(39)57(36-20-15-16-21-36)45(62)42(32)34(3)59)52-40-25-24-37(30-49-40)55-26-28-56(29-27-55)41(60)23-13-11-9-7-5-4-6-8-10-12-18-35-19-14-17-22-38(35)44(61)54-48-51-33(2)46(65-48)58(63)64/h14,17,19,22,24-25,30-31,36H,4-13,15-16,18,20-21,23,26-29H2,1-3H3,(H,51,54,61)(H,49,50,52,53). The van der Waals surface area contributed by atoms with Gasteiger partial charge in [0.1, 0.15) is 17.2 Å². The average molecular weight is 905 g/mol. The van der Waals surface area contributed by atoms with Gasteiger partial charge in [-0.15, -0.1) is 0 Å². The van der Waals surface area contributed by atoms with Gasteiger partial charge in [-0.1, -0.05) is 82.4 Å². The molecule has 0 unspecified atom stereocenters. The van der Waals surface area contributed by atoms with E-state index >= 15 is 0 Å². The van der Waals surface area contributed by atoms with Gasteiger partial charge in [-0.3, -0.25) is 39.2 Å². The van der Waals surface area contributed by atoms with Gasteiger partial charge in [0.25, 0.3) is 11.5 Å². The Morgan fingerprint density at radius 1 is 0.846 bits per heavy atom. The van der Waals surface area contributed by atoms with Crippen LogP contribution in [0.2, 0.25) is 0 Å². The van der Waals surface area contributed by atoms with Crippen LogP contribution in [0.1, 0.15) is 147 Å². The number of thiazole rings is 1. The van der Waals surface area contributed by atoms with Gasteiger partial charge in [0.15, 0.2) is 10.9 Å². The zero-order chi connectivity index (χ0) is 45.9. The van der Waals surface area contributed by atoms with Crippen LogP contribution in [-0.2, 0) is 11.2 Å². The smallest absolute Gasteiger partial charge is 0.348 e. The number of rotatable bonds is 21. The maximum absolute atomic E-state index is 13.6. The fraction of sp³-hybridized carbons (Fsp3) is 0.500. The minimum atomic E-state index is -0.481. The number of nitrogens with zero attached hydrogens (tertiary/aromatic N) is 8. The molecule has 0 atom stereocenters. The number of ketones is 1. The van der Waals surface area contributed by atoms with Crippen LogP contribution in [-0.4, -0.2) is 78.1 Å². The SMILES string of the molecule is CC(=O)c1c(C)c2cnc(Nc3ccc(N4CCN(C(=O)CCCCCCCCCCCCc5ccccc5C(=O)Nc5nc(C)c([N+](=O)[O-])s5)CC4)cn3)nc2n(C2CCCC2)c1=O. The maximum atomic E-state index is 13.6. The number of Topliss-reactive ketones (excluding diaryl/α,β-unsaturated/α-hetero) is 1. The average Bonchev–Trinajstić information content (AvgIpc) is 3.97. The van der Waals surface area contributed by atoms with Crippen LogP contribution in [0.4, 0.5) is 27.6 Å².